The van der Waals surface area contributed by atoms with E-state index in [1.807, 2.05) is 12.3 Å². The first-order valence-corrected chi connectivity index (χ1v) is 9.41. The van der Waals surface area contributed by atoms with Crippen LogP contribution >= 0.6 is 23.1 Å². The highest BCUT2D eigenvalue weighted by molar-refractivity contribution is 8.02. The van der Waals surface area contributed by atoms with Gasteiger partial charge in [0, 0.05) is 11.4 Å². The van der Waals surface area contributed by atoms with E-state index in [4.69, 9.17) is 4.74 Å². The van der Waals surface area contributed by atoms with Crippen LogP contribution in [-0.4, -0.2) is 34.8 Å². The van der Waals surface area contributed by atoms with Crippen molar-refractivity contribution in [2.45, 2.75) is 61.6 Å². The van der Waals surface area contributed by atoms with Gasteiger partial charge in [-0.25, -0.2) is 4.98 Å². The molecule has 1 aliphatic carbocycles. The van der Waals surface area contributed by atoms with Crippen molar-refractivity contribution in [2.24, 2.45) is 0 Å². The fraction of sp³-hybridized carbons (Fsp3) is 0.667. The molecule has 0 aliphatic heterocycles. The summed E-state index contributed by atoms with van der Waals surface area (Å²) >= 11 is 2.90. The number of rotatable bonds is 7. The van der Waals surface area contributed by atoms with Crippen molar-refractivity contribution in [3.8, 4) is 0 Å². The SMILES string of the molecule is CCOC(=O)Cc1csc(SC(C)C(=O)NC2CCCC2)n1. The molecule has 1 N–H and O–H groups in total. The average Bonchev–Trinajstić information content (AvgIpc) is 3.11. The van der Waals surface area contributed by atoms with E-state index >= 15 is 0 Å². The number of carbonyl (C=O) groups excluding carboxylic acids is 2. The van der Waals surface area contributed by atoms with E-state index in [-0.39, 0.29) is 23.5 Å². The third-order valence-corrected chi connectivity index (χ3v) is 5.63. The van der Waals surface area contributed by atoms with Gasteiger partial charge in [0.25, 0.3) is 0 Å². The summed E-state index contributed by atoms with van der Waals surface area (Å²) in [5.41, 5.74) is 0.703. The highest BCUT2D eigenvalue weighted by Crippen LogP contribution is 2.27. The number of thiazole rings is 1. The lowest BCUT2D eigenvalue weighted by atomic mass is 10.2. The van der Waals surface area contributed by atoms with Crippen LogP contribution in [-0.2, 0) is 20.7 Å². The van der Waals surface area contributed by atoms with Crippen molar-refractivity contribution in [1.29, 1.82) is 0 Å². The van der Waals surface area contributed by atoms with Crippen molar-refractivity contribution in [2.75, 3.05) is 6.61 Å². The third kappa shape index (κ3) is 5.28. The van der Waals surface area contributed by atoms with Crippen molar-refractivity contribution in [1.82, 2.24) is 10.3 Å². The van der Waals surface area contributed by atoms with Gasteiger partial charge in [-0.15, -0.1) is 11.3 Å². The highest BCUT2D eigenvalue weighted by Gasteiger charge is 2.22. The van der Waals surface area contributed by atoms with E-state index in [0.717, 1.165) is 17.2 Å². The Morgan fingerprint density at radius 3 is 2.91 bits per heavy atom. The lowest BCUT2D eigenvalue weighted by Crippen LogP contribution is -2.37. The molecule has 1 heterocycles. The molecule has 0 bridgehead atoms. The summed E-state index contributed by atoms with van der Waals surface area (Å²) in [6.07, 6.45) is 4.77. The second-order valence-electron chi connectivity index (χ2n) is 5.34. The summed E-state index contributed by atoms with van der Waals surface area (Å²) in [4.78, 5) is 27.9. The van der Waals surface area contributed by atoms with E-state index in [9.17, 15) is 9.59 Å². The number of thioether (sulfide) groups is 1. The molecule has 1 fully saturated rings. The summed E-state index contributed by atoms with van der Waals surface area (Å²) in [7, 11) is 0. The number of aromatic nitrogens is 1. The molecule has 1 amide bonds. The first-order chi connectivity index (χ1) is 10.6. The molecule has 1 saturated carbocycles. The Morgan fingerprint density at radius 1 is 1.50 bits per heavy atom. The van der Waals surface area contributed by atoms with Crippen molar-refractivity contribution in [3.63, 3.8) is 0 Å². The zero-order valence-electron chi connectivity index (χ0n) is 13.0. The summed E-state index contributed by atoms with van der Waals surface area (Å²) in [6.45, 7) is 4.05. The third-order valence-electron chi connectivity index (χ3n) is 3.51. The van der Waals surface area contributed by atoms with Crippen molar-refractivity contribution < 1.29 is 14.3 Å². The van der Waals surface area contributed by atoms with Gasteiger partial charge >= 0.3 is 5.97 Å². The second kappa shape index (κ2) is 8.53. The van der Waals surface area contributed by atoms with Crippen LogP contribution in [0.3, 0.4) is 0 Å². The average molecular weight is 342 g/mol. The molecular weight excluding hydrogens is 320 g/mol. The van der Waals surface area contributed by atoms with Gasteiger partial charge in [-0.3, -0.25) is 9.59 Å². The van der Waals surface area contributed by atoms with Crippen molar-refractivity contribution >= 4 is 35.0 Å². The van der Waals surface area contributed by atoms with Gasteiger partial charge in [-0.1, -0.05) is 24.6 Å². The minimum atomic E-state index is -0.267. The van der Waals surface area contributed by atoms with Gasteiger partial charge in [0.2, 0.25) is 5.91 Å². The van der Waals surface area contributed by atoms with Crippen LogP contribution in [0.1, 0.15) is 45.2 Å². The van der Waals surface area contributed by atoms with E-state index in [1.54, 1.807) is 6.92 Å². The maximum Gasteiger partial charge on any atom is 0.311 e. The van der Waals surface area contributed by atoms with Crippen LogP contribution in [0.4, 0.5) is 0 Å². The number of amides is 1. The molecule has 1 atom stereocenters. The standard InChI is InChI=1S/C15H22N2O3S2/c1-3-20-13(18)8-12-9-21-15(17-12)22-10(2)14(19)16-11-6-4-5-7-11/h9-11H,3-8H2,1-2H3,(H,16,19). The summed E-state index contributed by atoms with van der Waals surface area (Å²) < 4.78 is 5.72. The molecule has 0 aromatic carbocycles. The van der Waals surface area contributed by atoms with Crippen molar-refractivity contribution in [3.05, 3.63) is 11.1 Å². The summed E-state index contributed by atoms with van der Waals surface area (Å²) in [5, 5.41) is 4.77. The second-order valence-corrected chi connectivity index (χ2v) is 7.78. The molecule has 1 aliphatic rings. The molecule has 7 heteroatoms. The first kappa shape index (κ1) is 17.3. The minimum absolute atomic E-state index is 0.0686. The summed E-state index contributed by atoms with van der Waals surface area (Å²) in [6, 6.07) is 0.339. The number of carbonyl (C=O) groups is 2. The Kier molecular flexibility index (Phi) is 6.70. The Balaban J connectivity index is 1.80. The largest absolute Gasteiger partial charge is 0.466 e. The molecule has 0 spiro atoms. The maximum atomic E-state index is 12.1. The highest BCUT2D eigenvalue weighted by atomic mass is 32.2. The van der Waals surface area contributed by atoms with E-state index in [0.29, 0.717) is 18.3 Å². The fourth-order valence-electron chi connectivity index (χ4n) is 2.38. The first-order valence-electron chi connectivity index (χ1n) is 7.65. The zero-order valence-corrected chi connectivity index (χ0v) is 14.6. The Bertz CT molecular complexity index is 513. The number of ether oxygens (including phenoxy) is 1. The molecule has 1 aromatic rings. The normalized spacial score (nSPS) is 16.5. The lowest BCUT2D eigenvalue weighted by molar-refractivity contribution is -0.142. The number of hydrogen-bond donors (Lipinski definition) is 1. The Hall–Kier alpha value is -1.08. The van der Waals surface area contributed by atoms with E-state index in [1.165, 1.54) is 35.9 Å². The van der Waals surface area contributed by atoms with Crippen LogP contribution in [0.2, 0.25) is 0 Å². The summed E-state index contributed by atoms with van der Waals surface area (Å²) in [5.74, 6) is -0.199. The molecule has 5 nitrogen and oxygen atoms in total. The monoisotopic (exact) mass is 342 g/mol. The lowest BCUT2D eigenvalue weighted by Gasteiger charge is -2.15. The molecule has 0 saturated heterocycles. The van der Waals surface area contributed by atoms with Gasteiger partial charge in [0.1, 0.15) is 0 Å². The quantitative estimate of drug-likeness (QED) is 0.609. The molecule has 2 rings (SSSR count). The zero-order chi connectivity index (χ0) is 15.9. The van der Waals surface area contributed by atoms with Crippen LogP contribution in [0, 0.1) is 0 Å². The molecule has 1 unspecified atom stereocenters. The molecule has 0 radical (unpaired) electrons. The molecule has 22 heavy (non-hydrogen) atoms. The maximum absolute atomic E-state index is 12.1. The van der Waals surface area contributed by atoms with Gasteiger partial charge in [-0.2, -0.15) is 0 Å². The minimum Gasteiger partial charge on any atom is -0.466 e. The topological polar surface area (TPSA) is 68.3 Å². The Morgan fingerprint density at radius 2 is 2.23 bits per heavy atom. The smallest absolute Gasteiger partial charge is 0.311 e. The van der Waals surface area contributed by atoms with Crippen LogP contribution in [0.5, 0.6) is 0 Å². The number of hydrogen-bond acceptors (Lipinski definition) is 6. The fourth-order valence-corrected chi connectivity index (χ4v) is 4.37. The van der Waals surface area contributed by atoms with Gasteiger partial charge in [0.15, 0.2) is 4.34 Å². The molecule has 1 aromatic heterocycles. The predicted octanol–water partition coefficient (Wildman–Crippen LogP) is 2.79. The number of esters is 1. The van der Waals surface area contributed by atoms with Gasteiger partial charge < -0.3 is 10.1 Å². The number of nitrogens with zero attached hydrogens (tertiary/aromatic N) is 1. The van der Waals surface area contributed by atoms with Crippen LogP contribution in [0.15, 0.2) is 9.72 Å². The molecular formula is C15H22N2O3S2. The van der Waals surface area contributed by atoms with Crippen LogP contribution in [0.25, 0.3) is 0 Å². The Labute approximate surface area is 139 Å². The van der Waals surface area contributed by atoms with E-state index in [2.05, 4.69) is 10.3 Å². The van der Waals surface area contributed by atoms with Gasteiger partial charge in [0.05, 0.1) is 24.0 Å². The van der Waals surface area contributed by atoms with Crippen LogP contribution < -0.4 is 5.32 Å². The van der Waals surface area contributed by atoms with Gasteiger partial charge in [-0.05, 0) is 26.7 Å². The molecule has 122 valence electrons. The van der Waals surface area contributed by atoms with E-state index < -0.39 is 0 Å². The predicted molar refractivity (Wildman–Crippen MR) is 88.2 cm³/mol. The number of nitrogens with one attached hydrogen (secondary N) is 1.